The molecule has 1 heterocycles. The van der Waals surface area contributed by atoms with Crippen LogP contribution in [0.3, 0.4) is 0 Å². The minimum atomic E-state index is -0.752. The summed E-state index contributed by atoms with van der Waals surface area (Å²) in [6.45, 7) is 1.64. The molecule has 3 amide bonds. The van der Waals surface area contributed by atoms with Crippen LogP contribution >= 0.6 is 0 Å². The maximum absolute atomic E-state index is 12.5. The maximum atomic E-state index is 12.5. The Hall–Kier alpha value is -2.08. The summed E-state index contributed by atoms with van der Waals surface area (Å²) in [6, 6.07) is 7.20. The fourth-order valence-corrected chi connectivity index (χ4v) is 3.78. The number of urea groups is 1. The molecule has 142 valence electrons. The van der Waals surface area contributed by atoms with E-state index in [0.29, 0.717) is 5.69 Å². The quantitative estimate of drug-likeness (QED) is 0.770. The van der Waals surface area contributed by atoms with E-state index in [1.54, 1.807) is 0 Å². The van der Waals surface area contributed by atoms with Gasteiger partial charge in [0.05, 0.1) is 5.54 Å². The van der Waals surface area contributed by atoms with Gasteiger partial charge in [-0.05, 0) is 49.9 Å². The van der Waals surface area contributed by atoms with Gasteiger partial charge in [0.15, 0.2) is 0 Å². The molecule has 1 saturated heterocycles. The van der Waals surface area contributed by atoms with Gasteiger partial charge in [-0.15, -0.1) is 0 Å². The number of anilines is 2. The Morgan fingerprint density at radius 1 is 0.808 bits per heavy atom. The minimum Gasteiger partial charge on any atom is -0.325 e. The molecule has 0 unspecified atom stereocenters. The number of nitrogens with zero attached hydrogens (tertiary/aromatic N) is 1. The average Bonchev–Trinajstić information content (AvgIpc) is 2.93. The molecule has 6 nitrogen and oxygen atoms in total. The Bertz CT molecular complexity index is 615. The van der Waals surface area contributed by atoms with E-state index in [0.717, 1.165) is 63.7 Å². The third-order valence-electron chi connectivity index (χ3n) is 5.49. The van der Waals surface area contributed by atoms with E-state index in [1.165, 1.54) is 12.8 Å². The third kappa shape index (κ3) is 4.75. The van der Waals surface area contributed by atoms with Crippen LogP contribution in [0.15, 0.2) is 24.3 Å². The Balaban J connectivity index is 1.54. The van der Waals surface area contributed by atoms with Crippen LogP contribution in [0.5, 0.6) is 0 Å². The number of carbonyl (C=O) groups is 2. The van der Waals surface area contributed by atoms with Crippen LogP contribution in [-0.2, 0) is 4.79 Å². The van der Waals surface area contributed by atoms with Crippen molar-refractivity contribution in [1.82, 2.24) is 4.90 Å². The summed E-state index contributed by atoms with van der Waals surface area (Å²) in [5.41, 5.74) is 6.96. The van der Waals surface area contributed by atoms with Crippen LogP contribution in [0.1, 0.15) is 57.8 Å². The van der Waals surface area contributed by atoms with E-state index in [2.05, 4.69) is 10.6 Å². The molecular weight excluding hydrogens is 328 g/mol. The van der Waals surface area contributed by atoms with Gasteiger partial charge in [-0.3, -0.25) is 4.79 Å². The predicted molar refractivity (Wildman–Crippen MR) is 104 cm³/mol. The van der Waals surface area contributed by atoms with E-state index >= 15 is 0 Å². The first-order chi connectivity index (χ1) is 12.6. The van der Waals surface area contributed by atoms with Crippen LogP contribution in [-0.4, -0.2) is 35.5 Å². The Morgan fingerprint density at radius 3 is 1.88 bits per heavy atom. The summed E-state index contributed by atoms with van der Waals surface area (Å²) in [5, 5.41) is 5.86. The summed E-state index contributed by atoms with van der Waals surface area (Å²) in [4.78, 5) is 26.7. The normalized spacial score (nSPS) is 20.1. The summed E-state index contributed by atoms with van der Waals surface area (Å²) >= 11 is 0. The summed E-state index contributed by atoms with van der Waals surface area (Å²) < 4.78 is 0. The van der Waals surface area contributed by atoms with Crippen LogP contribution < -0.4 is 16.4 Å². The first-order valence-electron chi connectivity index (χ1n) is 9.83. The van der Waals surface area contributed by atoms with Gasteiger partial charge in [0.25, 0.3) is 0 Å². The molecule has 2 fully saturated rings. The van der Waals surface area contributed by atoms with Gasteiger partial charge < -0.3 is 21.3 Å². The van der Waals surface area contributed by atoms with Crippen molar-refractivity contribution in [3.05, 3.63) is 24.3 Å². The highest BCUT2D eigenvalue weighted by molar-refractivity contribution is 5.98. The van der Waals surface area contributed by atoms with Crippen molar-refractivity contribution in [2.45, 2.75) is 63.3 Å². The molecule has 1 aliphatic carbocycles. The van der Waals surface area contributed by atoms with Crippen LogP contribution in [0, 0.1) is 0 Å². The van der Waals surface area contributed by atoms with Crippen molar-refractivity contribution in [2.24, 2.45) is 5.73 Å². The Morgan fingerprint density at radius 2 is 1.31 bits per heavy atom. The zero-order valence-electron chi connectivity index (χ0n) is 15.4. The molecule has 0 bridgehead atoms. The number of hydrogen-bond donors (Lipinski definition) is 3. The van der Waals surface area contributed by atoms with E-state index in [1.807, 2.05) is 29.2 Å². The number of benzene rings is 1. The minimum absolute atomic E-state index is 0.0493. The SMILES string of the molecule is NC1(C(=O)Nc2ccc(NC(=O)N3CCCCCC3)cc2)CCCCC1. The van der Waals surface area contributed by atoms with E-state index in [-0.39, 0.29) is 11.9 Å². The monoisotopic (exact) mass is 358 g/mol. The lowest BCUT2D eigenvalue weighted by Gasteiger charge is -2.31. The van der Waals surface area contributed by atoms with Crippen molar-refractivity contribution >= 4 is 23.3 Å². The number of amides is 3. The number of nitrogens with one attached hydrogen (secondary N) is 2. The fourth-order valence-electron chi connectivity index (χ4n) is 3.78. The van der Waals surface area contributed by atoms with Gasteiger partial charge >= 0.3 is 6.03 Å². The fraction of sp³-hybridized carbons (Fsp3) is 0.600. The molecule has 0 spiro atoms. The van der Waals surface area contributed by atoms with Gasteiger partial charge in [0.1, 0.15) is 0 Å². The first kappa shape index (κ1) is 18.7. The van der Waals surface area contributed by atoms with Gasteiger partial charge in [-0.1, -0.05) is 32.1 Å². The number of rotatable bonds is 3. The molecule has 1 saturated carbocycles. The highest BCUT2D eigenvalue weighted by atomic mass is 16.2. The number of carbonyl (C=O) groups excluding carboxylic acids is 2. The molecule has 2 aliphatic rings. The summed E-state index contributed by atoms with van der Waals surface area (Å²) in [6.07, 6.45) is 9.17. The zero-order valence-corrected chi connectivity index (χ0v) is 15.4. The smallest absolute Gasteiger partial charge is 0.321 e. The van der Waals surface area contributed by atoms with E-state index in [4.69, 9.17) is 5.73 Å². The lowest BCUT2D eigenvalue weighted by molar-refractivity contribution is -0.122. The van der Waals surface area contributed by atoms with Crippen molar-refractivity contribution in [3.63, 3.8) is 0 Å². The molecule has 0 atom stereocenters. The van der Waals surface area contributed by atoms with Crippen molar-refractivity contribution in [2.75, 3.05) is 23.7 Å². The maximum Gasteiger partial charge on any atom is 0.321 e. The van der Waals surface area contributed by atoms with Crippen LogP contribution in [0.4, 0.5) is 16.2 Å². The number of likely N-dealkylation sites (tertiary alicyclic amines) is 1. The van der Waals surface area contributed by atoms with Gasteiger partial charge in [-0.2, -0.15) is 0 Å². The molecule has 1 aromatic carbocycles. The third-order valence-corrected chi connectivity index (χ3v) is 5.49. The second kappa shape index (κ2) is 8.54. The number of nitrogens with two attached hydrogens (primary N) is 1. The highest BCUT2D eigenvalue weighted by Crippen LogP contribution is 2.27. The molecule has 26 heavy (non-hydrogen) atoms. The largest absolute Gasteiger partial charge is 0.325 e. The molecule has 1 aromatic rings. The van der Waals surface area contributed by atoms with Gasteiger partial charge in [0, 0.05) is 24.5 Å². The van der Waals surface area contributed by atoms with Crippen molar-refractivity contribution in [3.8, 4) is 0 Å². The van der Waals surface area contributed by atoms with Crippen LogP contribution in [0.2, 0.25) is 0 Å². The standard InChI is InChI=1S/C20H30N4O2/c21-20(12-4-3-5-13-20)18(25)22-16-8-10-17(11-9-16)23-19(26)24-14-6-1-2-7-15-24/h8-11H,1-7,12-15,21H2,(H,22,25)(H,23,26). The molecule has 4 N–H and O–H groups in total. The Labute approximate surface area is 155 Å². The zero-order chi connectivity index (χ0) is 18.4. The lowest BCUT2D eigenvalue weighted by atomic mass is 9.82. The second-order valence-corrected chi connectivity index (χ2v) is 7.58. The van der Waals surface area contributed by atoms with Gasteiger partial charge in [0.2, 0.25) is 5.91 Å². The summed E-state index contributed by atoms with van der Waals surface area (Å²) in [7, 11) is 0. The van der Waals surface area contributed by atoms with E-state index in [9.17, 15) is 9.59 Å². The molecule has 1 aliphatic heterocycles. The molecule has 0 aromatic heterocycles. The molecule has 3 rings (SSSR count). The second-order valence-electron chi connectivity index (χ2n) is 7.58. The molecular formula is C20H30N4O2. The predicted octanol–water partition coefficient (Wildman–Crippen LogP) is 3.69. The lowest BCUT2D eigenvalue weighted by Crippen LogP contribution is -2.52. The average molecular weight is 358 g/mol. The highest BCUT2D eigenvalue weighted by Gasteiger charge is 2.35. The van der Waals surface area contributed by atoms with Gasteiger partial charge in [-0.25, -0.2) is 4.79 Å². The Kier molecular flexibility index (Phi) is 6.14. The molecule has 6 heteroatoms. The van der Waals surface area contributed by atoms with Crippen molar-refractivity contribution < 1.29 is 9.59 Å². The molecule has 0 radical (unpaired) electrons. The van der Waals surface area contributed by atoms with Crippen molar-refractivity contribution in [1.29, 1.82) is 0 Å². The number of hydrogen-bond acceptors (Lipinski definition) is 3. The van der Waals surface area contributed by atoms with Crippen LogP contribution in [0.25, 0.3) is 0 Å². The van der Waals surface area contributed by atoms with E-state index < -0.39 is 5.54 Å². The summed E-state index contributed by atoms with van der Waals surface area (Å²) in [5.74, 6) is -0.112. The topological polar surface area (TPSA) is 87.5 Å². The first-order valence-corrected chi connectivity index (χ1v) is 9.83.